The van der Waals surface area contributed by atoms with Crippen LogP contribution in [0, 0.1) is 11.8 Å². The first-order valence-corrected chi connectivity index (χ1v) is 10.1. The third-order valence-corrected chi connectivity index (χ3v) is 5.71. The Labute approximate surface area is 161 Å². The lowest BCUT2D eigenvalue weighted by atomic mass is 9.88. The number of carbonyl (C=O) groups is 2. The number of carbonyl (C=O) groups excluding carboxylic acids is 2. The Kier molecular flexibility index (Phi) is 7.24. The van der Waals surface area contributed by atoms with Gasteiger partial charge in [-0.05, 0) is 49.3 Å². The molecule has 1 aromatic rings. The van der Waals surface area contributed by atoms with Crippen LogP contribution in [0.5, 0.6) is 0 Å². The van der Waals surface area contributed by atoms with E-state index in [0.717, 1.165) is 49.8 Å². The SMILES string of the molecule is NC(C(=O)NCc1cccc(NC(=O)C2CCCCC2)c1)C1CCOCC1. The van der Waals surface area contributed by atoms with Crippen molar-refractivity contribution in [1.29, 1.82) is 0 Å². The summed E-state index contributed by atoms with van der Waals surface area (Å²) < 4.78 is 5.33. The zero-order chi connectivity index (χ0) is 19.1. The predicted octanol–water partition coefficient (Wildman–Crippen LogP) is 2.58. The largest absolute Gasteiger partial charge is 0.381 e. The van der Waals surface area contributed by atoms with Gasteiger partial charge in [0.15, 0.2) is 0 Å². The molecule has 1 atom stereocenters. The average Bonchev–Trinajstić information content (AvgIpc) is 2.73. The van der Waals surface area contributed by atoms with Gasteiger partial charge in [0.2, 0.25) is 11.8 Å². The van der Waals surface area contributed by atoms with Gasteiger partial charge in [-0.15, -0.1) is 0 Å². The van der Waals surface area contributed by atoms with Crippen LogP contribution in [0.25, 0.3) is 0 Å². The van der Waals surface area contributed by atoms with Crippen LogP contribution in [0.3, 0.4) is 0 Å². The molecule has 1 unspecified atom stereocenters. The summed E-state index contributed by atoms with van der Waals surface area (Å²) in [4.78, 5) is 24.7. The standard InChI is InChI=1S/C21H31N3O3/c22-19(16-9-11-27-12-10-16)21(26)23-14-15-5-4-8-18(13-15)24-20(25)17-6-2-1-3-7-17/h4-5,8,13,16-17,19H,1-3,6-7,9-12,14,22H2,(H,23,26)(H,24,25). The Morgan fingerprint density at radius 1 is 1.11 bits per heavy atom. The minimum atomic E-state index is -0.497. The van der Waals surface area contributed by atoms with Crippen LogP contribution in [0.15, 0.2) is 24.3 Å². The van der Waals surface area contributed by atoms with Gasteiger partial charge in [0.25, 0.3) is 0 Å². The zero-order valence-corrected chi connectivity index (χ0v) is 15.9. The van der Waals surface area contributed by atoms with Crippen molar-refractivity contribution in [2.24, 2.45) is 17.6 Å². The molecule has 6 heteroatoms. The van der Waals surface area contributed by atoms with Crippen LogP contribution < -0.4 is 16.4 Å². The van der Waals surface area contributed by atoms with Gasteiger partial charge in [0, 0.05) is 31.4 Å². The predicted molar refractivity (Wildman–Crippen MR) is 105 cm³/mol. The molecule has 1 saturated heterocycles. The van der Waals surface area contributed by atoms with Crippen LogP contribution >= 0.6 is 0 Å². The van der Waals surface area contributed by atoms with Gasteiger partial charge in [0.1, 0.15) is 0 Å². The fourth-order valence-corrected chi connectivity index (χ4v) is 3.96. The monoisotopic (exact) mass is 373 g/mol. The summed E-state index contributed by atoms with van der Waals surface area (Å²) >= 11 is 0. The minimum Gasteiger partial charge on any atom is -0.381 e. The van der Waals surface area contributed by atoms with E-state index in [4.69, 9.17) is 10.5 Å². The van der Waals surface area contributed by atoms with E-state index in [1.807, 2.05) is 24.3 Å². The van der Waals surface area contributed by atoms with Crippen LogP contribution in [-0.2, 0) is 20.9 Å². The Morgan fingerprint density at radius 3 is 2.59 bits per heavy atom. The van der Waals surface area contributed by atoms with Crippen molar-refractivity contribution >= 4 is 17.5 Å². The first-order valence-electron chi connectivity index (χ1n) is 10.1. The number of hydrogen-bond donors (Lipinski definition) is 3. The van der Waals surface area contributed by atoms with E-state index >= 15 is 0 Å². The molecule has 1 aliphatic heterocycles. The molecule has 27 heavy (non-hydrogen) atoms. The number of nitrogens with two attached hydrogens (primary N) is 1. The van der Waals surface area contributed by atoms with Gasteiger partial charge < -0.3 is 21.1 Å². The summed E-state index contributed by atoms with van der Waals surface area (Å²) in [5, 5.41) is 5.95. The molecule has 3 rings (SSSR count). The molecule has 1 aromatic carbocycles. The Bertz CT molecular complexity index is 637. The molecular formula is C21H31N3O3. The second kappa shape index (κ2) is 9.85. The molecule has 0 spiro atoms. The molecular weight excluding hydrogens is 342 g/mol. The third-order valence-electron chi connectivity index (χ3n) is 5.71. The van der Waals surface area contributed by atoms with Gasteiger partial charge in [-0.25, -0.2) is 0 Å². The molecule has 4 N–H and O–H groups in total. The molecule has 2 aliphatic rings. The number of hydrogen-bond acceptors (Lipinski definition) is 4. The highest BCUT2D eigenvalue weighted by atomic mass is 16.5. The van der Waals surface area contributed by atoms with E-state index in [1.165, 1.54) is 6.42 Å². The van der Waals surface area contributed by atoms with E-state index in [1.54, 1.807) is 0 Å². The van der Waals surface area contributed by atoms with E-state index < -0.39 is 6.04 Å². The summed E-state index contributed by atoms with van der Waals surface area (Å²) in [5.41, 5.74) is 7.84. The number of ether oxygens (including phenoxy) is 1. The highest BCUT2D eigenvalue weighted by Gasteiger charge is 2.26. The Hall–Kier alpha value is -1.92. The highest BCUT2D eigenvalue weighted by Crippen LogP contribution is 2.25. The van der Waals surface area contributed by atoms with Crippen LogP contribution in [0.4, 0.5) is 5.69 Å². The number of rotatable bonds is 6. The zero-order valence-electron chi connectivity index (χ0n) is 15.9. The normalized spacial score (nSPS) is 20.0. The van der Waals surface area contributed by atoms with Crippen molar-refractivity contribution in [2.75, 3.05) is 18.5 Å². The van der Waals surface area contributed by atoms with E-state index in [2.05, 4.69) is 10.6 Å². The molecule has 1 saturated carbocycles. The topological polar surface area (TPSA) is 93.5 Å². The maximum Gasteiger partial charge on any atom is 0.237 e. The Morgan fingerprint density at radius 2 is 1.85 bits per heavy atom. The van der Waals surface area contributed by atoms with Crippen LogP contribution in [0.2, 0.25) is 0 Å². The smallest absolute Gasteiger partial charge is 0.237 e. The number of anilines is 1. The van der Waals surface area contributed by atoms with Gasteiger partial charge in [0.05, 0.1) is 6.04 Å². The first kappa shape index (κ1) is 19.8. The van der Waals surface area contributed by atoms with Crippen LogP contribution in [-0.4, -0.2) is 31.1 Å². The molecule has 0 aromatic heterocycles. The fourth-order valence-electron chi connectivity index (χ4n) is 3.96. The van der Waals surface area contributed by atoms with Gasteiger partial charge in [-0.2, -0.15) is 0 Å². The average molecular weight is 373 g/mol. The minimum absolute atomic E-state index is 0.109. The van der Waals surface area contributed by atoms with Gasteiger partial charge in [-0.3, -0.25) is 9.59 Å². The van der Waals surface area contributed by atoms with E-state index in [0.29, 0.717) is 19.8 Å². The van der Waals surface area contributed by atoms with Crippen molar-refractivity contribution in [3.63, 3.8) is 0 Å². The van der Waals surface area contributed by atoms with Gasteiger partial charge >= 0.3 is 0 Å². The molecule has 0 radical (unpaired) electrons. The second-order valence-corrected chi connectivity index (χ2v) is 7.72. The van der Waals surface area contributed by atoms with Crippen molar-refractivity contribution in [1.82, 2.24) is 5.32 Å². The quantitative estimate of drug-likeness (QED) is 0.714. The first-order chi connectivity index (χ1) is 13.1. The second-order valence-electron chi connectivity index (χ2n) is 7.72. The molecule has 1 heterocycles. The summed E-state index contributed by atoms with van der Waals surface area (Å²) in [7, 11) is 0. The third kappa shape index (κ3) is 5.78. The lowest BCUT2D eigenvalue weighted by molar-refractivity contribution is -0.124. The molecule has 2 amide bonds. The summed E-state index contributed by atoms with van der Waals surface area (Å²) in [6.45, 7) is 1.76. The lowest BCUT2D eigenvalue weighted by Crippen LogP contribution is -2.46. The van der Waals surface area contributed by atoms with E-state index in [9.17, 15) is 9.59 Å². The summed E-state index contributed by atoms with van der Waals surface area (Å²) in [6, 6.07) is 7.15. The Balaban J connectivity index is 1.49. The van der Waals surface area contributed by atoms with Gasteiger partial charge in [-0.1, -0.05) is 31.4 Å². The summed E-state index contributed by atoms with van der Waals surface area (Å²) in [5.74, 6) is 0.287. The van der Waals surface area contributed by atoms with E-state index in [-0.39, 0.29) is 23.7 Å². The van der Waals surface area contributed by atoms with Crippen molar-refractivity contribution in [3.8, 4) is 0 Å². The highest BCUT2D eigenvalue weighted by molar-refractivity contribution is 5.92. The molecule has 1 aliphatic carbocycles. The number of amides is 2. The lowest BCUT2D eigenvalue weighted by Gasteiger charge is -2.26. The molecule has 148 valence electrons. The molecule has 2 fully saturated rings. The van der Waals surface area contributed by atoms with Crippen LogP contribution in [0.1, 0.15) is 50.5 Å². The maximum absolute atomic E-state index is 12.4. The van der Waals surface area contributed by atoms with Crippen molar-refractivity contribution in [2.45, 2.75) is 57.5 Å². The van der Waals surface area contributed by atoms with Crippen molar-refractivity contribution < 1.29 is 14.3 Å². The number of nitrogens with one attached hydrogen (secondary N) is 2. The molecule has 0 bridgehead atoms. The summed E-state index contributed by atoms with van der Waals surface area (Å²) in [6.07, 6.45) is 7.12. The molecule has 6 nitrogen and oxygen atoms in total. The fraction of sp³-hybridized carbons (Fsp3) is 0.619. The maximum atomic E-state index is 12.4. The number of benzene rings is 1. The van der Waals surface area contributed by atoms with Crippen molar-refractivity contribution in [3.05, 3.63) is 29.8 Å².